The Hall–Kier alpha value is -0.450. The number of aromatic nitrogens is 1. The summed E-state index contributed by atoms with van der Waals surface area (Å²) in [7, 11) is 2.09. The summed E-state index contributed by atoms with van der Waals surface area (Å²) in [6, 6.07) is 2.01. The molecule has 1 N–H and O–H groups in total. The lowest BCUT2D eigenvalue weighted by molar-refractivity contribution is -0.0172. The number of aryl methyl sites for hydroxylation is 1. The second-order valence-corrected chi connectivity index (χ2v) is 4.97. The molecule has 78 valence electrons. The summed E-state index contributed by atoms with van der Waals surface area (Å²) in [5.74, 6) is 0. The van der Waals surface area contributed by atoms with E-state index >= 15 is 0 Å². The molecule has 1 aromatic heterocycles. The van der Waals surface area contributed by atoms with Gasteiger partial charge in [0.1, 0.15) is 5.60 Å². The van der Waals surface area contributed by atoms with E-state index in [0.29, 0.717) is 0 Å². The third-order valence-corrected chi connectivity index (χ3v) is 3.97. The van der Waals surface area contributed by atoms with E-state index in [2.05, 4.69) is 16.3 Å². The largest absolute Gasteiger partial charge is 0.384 e. The smallest absolute Gasteiger partial charge is 0.103 e. The van der Waals surface area contributed by atoms with Crippen molar-refractivity contribution in [3.63, 3.8) is 0 Å². The van der Waals surface area contributed by atoms with Gasteiger partial charge in [0, 0.05) is 13.1 Å². The van der Waals surface area contributed by atoms with Crippen LogP contribution in [0.3, 0.4) is 0 Å². The lowest BCUT2D eigenvalue weighted by atomic mass is 9.90. The van der Waals surface area contributed by atoms with Crippen LogP contribution in [-0.4, -0.2) is 34.5 Å². The van der Waals surface area contributed by atoms with E-state index in [9.17, 15) is 5.11 Å². The number of piperidine rings is 1. The predicted octanol–water partition coefficient (Wildman–Crippen LogP) is 1.36. The minimum atomic E-state index is -0.613. The second-order valence-electron chi connectivity index (χ2n) is 4.17. The Balaban J connectivity index is 2.16. The molecule has 4 heteroatoms. The minimum Gasteiger partial charge on any atom is -0.384 e. The van der Waals surface area contributed by atoms with E-state index in [1.165, 1.54) is 11.5 Å². The van der Waals surface area contributed by atoms with E-state index in [-0.39, 0.29) is 0 Å². The summed E-state index contributed by atoms with van der Waals surface area (Å²) in [5, 5.41) is 10.4. The number of likely N-dealkylation sites (tertiary alicyclic amines) is 1. The average Bonchev–Trinajstić information content (AvgIpc) is 2.58. The average molecular weight is 212 g/mol. The van der Waals surface area contributed by atoms with Gasteiger partial charge in [0.25, 0.3) is 0 Å². The molecule has 14 heavy (non-hydrogen) atoms. The lowest BCUT2D eigenvalue weighted by Crippen LogP contribution is -2.40. The van der Waals surface area contributed by atoms with E-state index in [0.717, 1.165) is 36.5 Å². The molecular formula is C10H16N2OS. The van der Waals surface area contributed by atoms with Crippen LogP contribution in [-0.2, 0) is 5.60 Å². The van der Waals surface area contributed by atoms with Crippen LogP contribution < -0.4 is 0 Å². The van der Waals surface area contributed by atoms with Gasteiger partial charge in [-0.15, -0.1) is 0 Å². The minimum absolute atomic E-state index is 0.613. The molecule has 1 aliphatic rings. The Bertz CT molecular complexity index is 316. The molecule has 2 rings (SSSR count). The van der Waals surface area contributed by atoms with Gasteiger partial charge in [-0.05, 0) is 44.4 Å². The monoisotopic (exact) mass is 212 g/mol. The summed E-state index contributed by atoms with van der Waals surface area (Å²) >= 11 is 1.44. The van der Waals surface area contributed by atoms with Gasteiger partial charge in [0.15, 0.2) is 0 Å². The summed E-state index contributed by atoms with van der Waals surface area (Å²) in [4.78, 5) is 3.28. The highest BCUT2D eigenvalue weighted by molar-refractivity contribution is 7.06. The first-order valence-corrected chi connectivity index (χ1v) is 5.72. The number of nitrogens with zero attached hydrogens (tertiary/aromatic N) is 2. The molecule has 3 nitrogen and oxygen atoms in total. The van der Waals surface area contributed by atoms with Gasteiger partial charge in [0.05, 0.1) is 10.6 Å². The molecule has 0 unspecified atom stereocenters. The number of rotatable bonds is 1. The molecular weight excluding hydrogens is 196 g/mol. The van der Waals surface area contributed by atoms with Gasteiger partial charge in [-0.3, -0.25) is 0 Å². The van der Waals surface area contributed by atoms with Gasteiger partial charge in [-0.25, -0.2) is 0 Å². The zero-order valence-corrected chi connectivity index (χ0v) is 9.47. The molecule has 0 aliphatic carbocycles. The first-order chi connectivity index (χ1) is 6.60. The normalized spacial score (nSPS) is 22.5. The lowest BCUT2D eigenvalue weighted by Gasteiger charge is -2.35. The standard InChI is InChI=1S/C10H16N2OS/c1-8-7-9(14-11-8)10(13)3-5-12(2)6-4-10/h7,13H,3-6H2,1-2H3. The number of aliphatic hydroxyl groups is 1. The fourth-order valence-electron chi connectivity index (χ4n) is 1.82. The van der Waals surface area contributed by atoms with Crippen molar-refractivity contribution in [1.29, 1.82) is 0 Å². The first-order valence-electron chi connectivity index (χ1n) is 4.95. The quantitative estimate of drug-likeness (QED) is 0.763. The van der Waals surface area contributed by atoms with Crippen molar-refractivity contribution in [3.05, 3.63) is 16.6 Å². The van der Waals surface area contributed by atoms with Crippen molar-refractivity contribution in [3.8, 4) is 0 Å². The molecule has 1 fully saturated rings. The zero-order valence-electron chi connectivity index (χ0n) is 8.66. The summed E-state index contributed by atoms with van der Waals surface area (Å²) in [6.07, 6.45) is 1.65. The van der Waals surface area contributed by atoms with Gasteiger partial charge >= 0.3 is 0 Å². The Kier molecular flexibility index (Phi) is 2.60. The third kappa shape index (κ3) is 1.82. The zero-order chi connectivity index (χ0) is 10.2. The fraction of sp³-hybridized carbons (Fsp3) is 0.700. The molecule has 0 amide bonds. The third-order valence-electron chi connectivity index (χ3n) is 2.90. The molecule has 1 aliphatic heterocycles. The van der Waals surface area contributed by atoms with Crippen molar-refractivity contribution in [2.45, 2.75) is 25.4 Å². The Morgan fingerprint density at radius 3 is 2.64 bits per heavy atom. The maximum atomic E-state index is 10.4. The van der Waals surface area contributed by atoms with Crippen molar-refractivity contribution >= 4 is 11.5 Å². The van der Waals surface area contributed by atoms with Crippen LogP contribution in [0.5, 0.6) is 0 Å². The SMILES string of the molecule is Cc1cc(C2(O)CCN(C)CC2)sn1. The second kappa shape index (κ2) is 3.61. The van der Waals surface area contributed by atoms with E-state index < -0.39 is 5.60 Å². The topological polar surface area (TPSA) is 36.4 Å². The molecule has 0 radical (unpaired) electrons. The molecule has 1 aromatic rings. The highest BCUT2D eigenvalue weighted by Gasteiger charge is 2.34. The number of hydrogen-bond acceptors (Lipinski definition) is 4. The summed E-state index contributed by atoms with van der Waals surface area (Å²) in [5.41, 5.74) is 0.399. The molecule has 2 heterocycles. The number of hydrogen-bond donors (Lipinski definition) is 1. The van der Waals surface area contributed by atoms with Gasteiger partial charge in [-0.1, -0.05) is 0 Å². The first kappa shape index (κ1) is 10.1. The van der Waals surface area contributed by atoms with Gasteiger partial charge < -0.3 is 10.0 Å². The van der Waals surface area contributed by atoms with Crippen LogP contribution in [0.2, 0.25) is 0 Å². The summed E-state index contributed by atoms with van der Waals surface area (Å²) < 4.78 is 4.22. The van der Waals surface area contributed by atoms with Crippen LogP contribution in [0.4, 0.5) is 0 Å². The predicted molar refractivity (Wildman–Crippen MR) is 57.5 cm³/mol. The van der Waals surface area contributed by atoms with Crippen molar-refractivity contribution < 1.29 is 5.11 Å². The van der Waals surface area contributed by atoms with Crippen molar-refractivity contribution in [1.82, 2.24) is 9.27 Å². The van der Waals surface area contributed by atoms with Crippen LogP contribution in [0.15, 0.2) is 6.07 Å². The Morgan fingerprint density at radius 1 is 1.50 bits per heavy atom. The van der Waals surface area contributed by atoms with Crippen molar-refractivity contribution in [2.24, 2.45) is 0 Å². The molecule has 0 saturated carbocycles. The van der Waals surface area contributed by atoms with Crippen LogP contribution in [0.1, 0.15) is 23.4 Å². The Morgan fingerprint density at radius 2 is 2.14 bits per heavy atom. The Labute approximate surface area is 88.5 Å². The maximum Gasteiger partial charge on any atom is 0.103 e. The molecule has 0 spiro atoms. The van der Waals surface area contributed by atoms with Crippen LogP contribution in [0, 0.1) is 6.92 Å². The molecule has 0 atom stereocenters. The van der Waals surface area contributed by atoms with Gasteiger partial charge in [-0.2, -0.15) is 4.37 Å². The van der Waals surface area contributed by atoms with Crippen LogP contribution >= 0.6 is 11.5 Å². The van der Waals surface area contributed by atoms with Crippen LogP contribution in [0.25, 0.3) is 0 Å². The van der Waals surface area contributed by atoms with Gasteiger partial charge in [0.2, 0.25) is 0 Å². The van der Waals surface area contributed by atoms with E-state index in [1.54, 1.807) is 0 Å². The molecule has 1 saturated heterocycles. The maximum absolute atomic E-state index is 10.4. The fourth-order valence-corrected chi connectivity index (χ4v) is 2.71. The van der Waals surface area contributed by atoms with E-state index in [4.69, 9.17) is 0 Å². The highest BCUT2D eigenvalue weighted by Crippen LogP contribution is 2.34. The van der Waals surface area contributed by atoms with E-state index in [1.807, 2.05) is 13.0 Å². The highest BCUT2D eigenvalue weighted by atomic mass is 32.1. The molecule has 0 bridgehead atoms. The summed E-state index contributed by atoms with van der Waals surface area (Å²) in [6.45, 7) is 3.90. The van der Waals surface area contributed by atoms with Crippen molar-refractivity contribution in [2.75, 3.05) is 20.1 Å². The molecule has 0 aromatic carbocycles.